The summed E-state index contributed by atoms with van der Waals surface area (Å²) in [4.78, 5) is 15.7. The van der Waals surface area contributed by atoms with Crippen molar-refractivity contribution in [3.05, 3.63) is 35.8 Å². The van der Waals surface area contributed by atoms with Crippen molar-refractivity contribution in [2.24, 2.45) is 0 Å². The second-order valence-electron chi connectivity index (χ2n) is 4.79. The average molecular weight is 257 g/mol. The van der Waals surface area contributed by atoms with E-state index in [1.165, 1.54) is 0 Å². The fourth-order valence-corrected chi connectivity index (χ4v) is 2.15. The summed E-state index contributed by atoms with van der Waals surface area (Å²) >= 11 is 0. The summed E-state index contributed by atoms with van der Waals surface area (Å²) in [5.41, 5.74) is 2.77. The number of hydrogen-bond donors (Lipinski definition) is 1. The highest BCUT2D eigenvalue weighted by atomic mass is 16.4. The quantitative estimate of drug-likeness (QED) is 0.913. The summed E-state index contributed by atoms with van der Waals surface area (Å²) in [6.45, 7) is 2.83. The molecule has 1 fully saturated rings. The first-order valence-corrected chi connectivity index (χ1v) is 6.46. The van der Waals surface area contributed by atoms with E-state index in [0.717, 1.165) is 30.6 Å². The molecule has 0 spiro atoms. The van der Waals surface area contributed by atoms with Gasteiger partial charge in [-0.15, -0.1) is 0 Å². The van der Waals surface area contributed by atoms with Crippen LogP contribution in [-0.2, 0) is 6.54 Å². The van der Waals surface area contributed by atoms with Gasteiger partial charge in [0.15, 0.2) is 0 Å². The van der Waals surface area contributed by atoms with Crippen LogP contribution in [0.2, 0.25) is 0 Å². The minimum atomic E-state index is -0.898. The number of nitrogens with zero attached hydrogens (tertiary/aromatic N) is 3. The van der Waals surface area contributed by atoms with Crippen LogP contribution in [0.25, 0.3) is 11.3 Å². The third kappa shape index (κ3) is 2.23. The van der Waals surface area contributed by atoms with Crippen molar-refractivity contribution in [2.75, 3.05) is 0 Å². The van der Waals surface area contributed by atoms with Gasteiger partial charge in [0.05, 0.1) is 23.1 Å². The number of hydrogen-bond acceptors (Lipinski definition) is 3. The molecule has 0 aromatic carbocycles. The molecule has 0 amide bonds. The maximum absolute atomic E-state index is 11.2. The van der Waals surface area contributed by atoms with E-state index in [0.29, 0.717) is 17.2 Å². The Morgan fingerprint density at radius 1 is 1.47 bits per heavy atom. The van der Waals surface area contributed by atoms with Gasteiger partial charge in [-0.1, -0.05) is 0 Å². The molecule has 2 heterocycles. The largest absolute Gasteiger partial charge is 0.478 e. The lowest BCUT2D eigenvalue weighted by atomic mass is 10.1. The molecule has 2 aromatic heterocycles. The molecule has 0 atom stereocenters. The van der Waals surface area contributed by atoms with Crippen molar-refractivity contribution in [3.63, 3.8) is 0 Å². The zero-order valence-electron chi connectivity index (χ0n) is 10.7. The van der Waals surface area contributed by atoms with Gasteiger partial charge in [-0.3, -0.25) is 9.67 Å². The molecule has 0 bridgehead atoms. The molecule has 1 aliphatic rings. The topological polar surface area (TPSA) is 68.0 Å². The molecular formula is C14H15N3O2. The van der Waals surface area contributed by atoms with Gasteiger partial charge in [0, 0.05) is 24.2 Å². The lowest BCUT2D eigenvalue weighted by molar-refractivity contribution is 0.0695. The smallest absolute Gasteiger partial charge is 0.337 e. The van der Waals surface area contributed by atoms with Crippen molar-refractivity contribution in [1.29, 1.82) is 0 Å². The molecule has 3 rings (SSSR count). The summed E-state index contributed by atoms with van der Waals surface area (Å²) in [5.74, 6) is -0.586. The van der Waals surface area contributed by atoms with E-state index in [-0.39, 0.29) is 0 Å². The van der Waals surface area contributed by atoms with E-state index in [1.807, 2.05) is 17.8 Å². The number of rotatable bonds is 4. The first kappa shape index (κ1) is 11.9. The van der Waals surface area contributed by atoms with Crippen molar-refractivity contribution in [1.82, 2.24) is 14.8 Å². The molecule has 1 aliphatic carbocycles. The highest BCUT2D eigenvalue weighted by molar-refractivity contribution is 5.89. The van der Waals surface area contributed by atoms with Crippen LogP contribution in [0.3, 0.4) is 0 Å². The highest BCUT2D eigenvalue weighted by Gasteiger charge is 2.30. The third-order valence-corrected chi connectivity index (χ3v) is 3.37. The van der Waals surface area contributed by atoms with Crippen molar-refractivity contribution >= 4 is 5.97 Å². The fraction of sp³-hybridized carbons (Fsp3) is 0.357. The van der Waals surface area contributed by atoms with Crippen LogP contribution in [0.1, 0.15) is 41.7 Å². The minimum absolute atomic E-state index is 0.312. The minimum Gasteiger partial charge on any atom is -0.478 e. The SMILES string of the molecule is CCn1cc(-c2ccc(C(=O)O)c(C3CC3)n2)cn1. The number of carboxylic acids is 1. The van der Waals surface area contributed by atoms with E-state index in [9.17, 15) is 9.90 Å². The first-order chi connectivity index (χ1) is 9.19. The van der Waals surface area contributed by atoms with Gasteiger partial charge in [-0.25, -0.2) is 4.79 Å². The third-order valence-electron chi connectivity index (χ3n) is 3.37. The van der Waals surface area contributed by atoms with Crippen molar-refractivity contribution in [3.8, 4) is 11.3 Å². The Hall–Kier alpha value is -2.17. The predicted octanol–water partition coefficient (Wildman–Crippen LogP) is 2.54. The van der Waals surface area contributed by atoms with E-state index in [2.05, 4.69) is 10.1 Å². The Labute approximate surface area is 110 Å². The Morgan fingerprint density at radius 2 is 2.26 bits per heavy atom. The van der Waals surface area contributed by atoms with Crippen LogP contribution in [0.15, 0.2) is 24.5 Å². The van der Waals surface area contributed by atoms with E-state index in [1.54, 1.807) is 18.3 Å². The van der Waals surface area contributed by atoms with Gasteiger partial charge in [-0.2, -0.15) is 5.10 Å². The van der Waals surface area contributed by atoms with Crippen LogP contribution in [0.4, 0.5) is 0 Å². The normalized spacial score (nSPS) is 14.6. The summed E-state index contributed by atoms with van der Waals surface area (Å²) in [7, 11) is 0. The van der Waals surface area contributed by atoms with Crippen LogP contribution in [-0.4, -0.2) is 25.8 Å². The predicted molar refractivity (Wildman–Crippen MR) is 70.1 cm³/mol. The molecular weight excluding hydrogens is 242 g/mol. The molecule has 0 unspecified atom stereocenters. The number of aromatic carboxylic acids is 1. The summed E-state index contributed by atoms with van der Waals surface area (Å²) < 4.78 is 1.83. The second kappa shape index (κ2) is 4.50. The summed E-state index contributed by atoms with van der Waals surface area (Å²) in [6.07, 6.45) is 5.76. The number of carboxylic acid groups (broad SMARTS) is 1. The van der Waals surface area contributed by atoms with Gasteiger partial charge in [-0.05, 0) is 31.9 Å². The van der Waals surface area contributed by atoms with Crippen molar-refractivity contribution < 1.29 is 9.90 Å². The summed E-state index contributed by atoms with van der Waals surface area (Å²) in [5, 5.41) is 13.4. The van der Waals surface area contributed by atoms with Crippen LogP contribution >= 0.6 is 0 Å². The Kier molecular flexibility index (Phi) is 2.81. The molecule has 0 aliphatic heterocycles. The van der Waals surface area contributed by atoms with E-state index >= 15 is 0 Å². The number of aromatic nitrogens is 3. The van der Waals surface area contributed by atoms with Gasteiger partial charge < -0.3 is 5.11 Å². The Balaban J connectivity index is 2.03. The van der Waals surface area contributed by atoms with E-state index in [4.69, 9.17) is 0 Å². The Bertz CT molecular complexity index is 629. The molecule has 19 heavy (non-hydrogen) atoms. The first-order valence-electron chi connectivity index (χ1n) is 6.46. The maximum Gasteiger partial charge on any atom is 0.337 e. The van der Waals surface area contributed by atoms with Gasteiger partial charge in [0.1, 0.15) is 0 Å². The molecule has 5 nitrogen and oxygen atoms in total. The van der Waals surface area contributed by atoms with Crippen LogP contribution in [0.5, 0.6) is 0 Å². The standard InChI is InChI=1S/C14H15N3O2/c1-2-17-8-10(7-15-17)12-6-5-11(14(18)19)13(16-12)9-3-4-9/h5-9H,2-4H2,1H3,(H,18,19). The van der Waals surface area contributed by atoms with Gasteiger partial charge >= 0.3 is 5.97 Å². The monoisotopic (exact) mass is 257 g/mol. The average Bonchev–Trinajstić information content (AvgIpc) is 3.15. The van der Waals surface area contributed by atoms with Crippen LogP contribution < -0.4 is 0 Å². The summed E-state index contributed by atoms with van der Waals surface area (Å²) in [6, 6.07) is 3.41. The molecule has 0 radical (unpaired) electrons. The second-order valence-corrected chi connectivity index (χ2v) is 4.79. The lowest BCUT2D eigenvalue weighted by Gasteiger charge is -2.06. The fourth-order valence-electron chi connectivity index (χ4n) is 2.15. The van der Waals surface area contributed by atoms with Gasteiger partial charge in [0.25, 0.3) is 0 Å². The molecule has 1 saturated carbocycles. The lowest BCUT2D eigenvalue weighted by Crippen LogP contribution is -2.04. The van der Waals surface area contributed by atoms with Crippen molar-refractivity contribution in [2.45, 2.75) is 32.2 Å². The number of carbonyl (C=O) groups is 1. The van der Waals surface area contributed by atoms with Gasteiger partial charge in [0.2, 0.25) is 0 Å². The molecule has 2 aromatic rings. The Morgan fingerprint density at radius 3 is 2.84 bits per heavy atom. The molecule has 98 valence electrons. The number of aryl methyl sites for hydroxylation is 1. The highest BCUT2D eigenvalue weighted by Crippen LogP contribution is 2.41. The molecule has 5 heteroatoms. The molecule has 0 saturated heterocycles. The van der Waals surface area contributed by atoms with Crippen LogP contribution in [0, 0.1) is 0 Å². The zero-order valence-corrected chi connectivity index (χ0v) is 10.7. The van der Waals surface area contributed by atoms with E-state index < -0.39 is 5.97 Å². The maximum atomic E-state index is 11.2. The molecule has 1 N–H and O–H groups in total. The zero-order chi connectivity index (χ0) is 13.4. The number of pyridine rings is 1.